The Morgan fingerprint density at radius 2 is 2.04 bits per heavy atom. The number of carbonyl (C=O) groups is 3. The number of fused-ring (bicyclic) bond motifs is 1. The van der Waals surface area contributed by atoms with E-state index in [0.717, 1.165) is 4.47 Å². The minimum absolute atomic E-state index is 0.0458. The molecule has 2 aliphatic heterocycles. The van der Waals surface area contributed by atoms with Crippen LogP contribution in [0.5, 0.6) is 0 Å². The average Bonchev–Trinajstić information content (AvgIpc) is 2.79. The van der Waals surface area contributed by atoms with E-state index in [9.17, 15) is 14.4 Å². The van der Waals surface area contributed by atoms with Crippen LogP contribution in [0.4, 0.5) is 0 Å². The molecular formula is C17H19BrN2O4. The number of morpholine rings is 1. The van der Waals surface area contributed by atoms with Gasteiger partial charge in [-0.2, -0.15) is 0 Å². The minimum Gasteiger partial charge on any atom is -0.375 e. The maximum atomic E-state index is 12.4. The third-order valence-electron chi connectivity index (χ3n) is 4.30. The number of halogens is 1. The number of imide groups is 1. The van der Waals surface area contributed by atoms with Gasteiger partial charge < -0.3 is 9.64 Å². The van der Waals surface area contributed by atoms with Crippen molar-refractivity contribution in [3.63, 3.8) is 0 Å². The molecule has 1 atom stereocenters. The molecule has 0 saturated carbocycles. The van der Waals surface area contributed by atoms with Crippen LogP contribution in [0.25, 0.3) is 0 Å². The van der Waals surface area contributed by atoms with Crippen LogP contribution >= 0.6 is 15.9 Å². The van der Waals surface area contributed by atoms with Gasteiger partial charge in [0.25, 0.3) is 11.8 Å². The average molecular weight is 395 g/mol. The Morgan fingerprint density at radius 1 is 1.29 bits per heavy atom. The van der Waals surface area contributed by atoms with Crippen LogP contribution < -0.4 is 0 Å². The second kappa shape index (κ2) is 7.03. The second-order valence-corrected chi connectivity index (χ2v) is 6.99. The summed E-state index contributed by atoms with van der Waals surface area (Å²) in [6, 6.07) is 5.06. The van der Waals surface area contributed by atoms with Crippen LogP contribution in [0.3, 0.4) is 0 Å². The molecule has 3 rings (SSSR count). The Labute approximate surface area is 148 Å². The minimum atomic E-state index is -0.288. The third-order valence-corrected chi connectivity index (χ3v) is 4.79. The van der Waals surface area contributed by atoms with Crippen molar-refractivity contribution < 1.29 is 19.1 Å². The third kappa shape index (κ3) is 3.37. The molecule has 1 aromatic rings. The van der Waals surface area contributed by atoms with Crippen LogP contribution in [-0.4, -0.2) is 59.9 Å². The van der Waals surface area contributed by atoms with Gasteiger partial charge in [0, 0.05) is 30.5 Å². The quantitative estimate of drug-likeness (QED) is 0.733. The Balaban J connectivity index is 1.55. The molecule has 7 heteroatoms. The predicted molar refractivity (Wildman–Crippen MR) is 90.7 cm³/mol. The van der Waals surface area contributed by atoms with Gasteiger partial charge in [-0.05, 0) is 31.5 Å². The monoisotopic (exact) mass is 394 g/mol. The number of benzene rings is 1. The molecule has 128 valence electrons. The fourth-order valence-electron chi connectivity index (χ4n) is 3.06. The van der Waals surface area contributed by atoms with Gasteiger partial charge in [0.15, 0.2) is 0 Å². The van der Waals surface area contributed by atoms with Gasteiger partial charge in [-0.1, -0.05) is 15.9 Å². The molecule has 2 heterocycles. The predicted octanol–water partition coefficient (Wildman–Crippen LogP) is 2.07. The lowest BCUT2D eigenvalue weighted by Crippen LogP contribution is -2.44. The van der Waals surface area contributed by atoms with Gasteiger partial charge in [0.1, 0.15) is 0 Å². The summed E-state index contributed by atoms with van der Waals surface area (Å²) < 4.78 is 6.19. The molecular weight excluding hydrogens is 376 g/mol. The summed E-state index contributed by atoms with van der Waals surface area (Å²) in [6.07, 6.45) is 0.846. The smallest absolute Gasteiger partial charge is 0.261 e. The molecule has 2 aliphatic rings. The highest BCUT2D eigenvalue weighted by atomic mass is 79.9. The summed E-state index contributed by atoms with van der Waals surface area (Å²) in [7, 11) is 0. The molecule has 0 aliphatic carbocycles. The summed E-state index contributed by atoms with van der Waals surface area (Å²) in [5.41, 5.74) is 0.847. The summed E-state index contributed by atoms with van der Waals surface area (Å²) in [6.45, 7) is 3.95. The first-order chi connectivity index (χ1) is 11.5. The van der Waals surface area contributed by atoms with Crippen molar-refractivity contribution in [2.45, 2.75) is 25.9 Å². The molecule has 6 nitrogen and oxygen atoms in total. The molecule has 0 radical (unpaired) electrons. The fourth-order valence-corrected chi connectivity index (χ4v) is 3.42. The first-order valence-electron chi connectivity index (χ1n) is 8.02. The van der Waals surface area contributed by atoms with Crippen LogP contribution in [0.1, 0.15) is 40.5 Å². The van der Waals surface area contributed by atoms with E-state index in [1.807, 2.05) is 6.92 Å². The first kappa shape index (κ1) is 17.1. The van der Waals surface area contributed by atoms with E-state index in [2.05, 4.69) is 15.9 Å². The van der Waals surface area contributed by atoms with Gasteiger partial charge in [0.05, 0.1) is 23.8 Å². The maximum Gasteiger partial charge on any atom is 0.261 e. The first-order valence-corrected chi connectivity index (χ1v) is 8.82. The topological polar surface area (TPSA) is 66.9 Å². The van der Waals surface area contributed by atoms with Gasteiger partial charge in [0.2, 0.25) is 5.91 Å². The van der Waals surface area contributed by atoms with Crippen LogP contribution in [0, 0.1) is 0 Å². The zero-order chi connectivity index (χ0) is 17.3. The highest BCUT2D eigenvalue weighted by Gasteiger charge is 2.35. The Hall–Kier alpha value is -1.73. The molecule has 0 aromatic heterocycles. The van der Waals surface area contributed by atoms with Crippen LogP contribution in [0.2, 0.25) is 0 Å². The molecule has 1 saturated heterocycles. The summed E-state index contributed by atoms with van der Waals surface area (Å²) in [5, 5.41) is 0. The molecule has 24 heavy (non-hydrogen) atoms. The van der Waals surface area contributed by atoms with Gasteiger partial charge in [-0.3, -0.25) is 19.3 Å². The number of ether oxygens (including phenoxy) is 1. The second-order valence-electron chi connectivity index (χ2n) is 6.08. The molecule has 0 bridgehead atoms. The summed E-state index contributed by atoms with van der Waals surface area (Å²) in [4.78, 5) is 39.9. The van der Waals surface area contributed by atoms with Gasteiger partial charge >= 0.3 is 0 Å². The maximum absolute atomic E-state index is 12.4. The number of carbonyl (C=O) groups excluding carboxylic acids is 3. The van der Waals surface area contributed by atoms with E-state index >= 15 is 0 Å². The molecule has 0 N–H and O–H groups in total. The number of nitrogens with zero attached hydrogens (tertiary/aromatic N) is 2. The van der Waals surface area contributed by atoms with E-state index in [-0.39, 0.29) is 30.4 Å². The zero-order valence-electron chi connectivity index (χ0n) is 13.5. The SMILES string of the molecule is CC1CN(C(=O)CCCN2C(=O)c3ccc(Br)cc3C2=O)CCO1. The fraction of sp³-hybridized carbons (Fsp3) is 0.471. The Bertz CT molecular complexity index is 691. The van der Waals surface area contributed by atoms with Gasteiger partial charge in [-0.25, -0.2) is 0 Å². The van der Waals surface area contributed by atoms with Crippen molar-refractivity contribution in [3.8, 4) is 0 Å². The number of amides is 3. The summed E-state index contributed by atoms with van der Waals surface area (Å²) >= 11 is 3.31. The highest BCUT2D eigenvalue weighted by Crippen LogP contribution is 2.26. The van der Waals surface area contributed by atoms with Crippen LogP contribution in [-0.2, 0) is 9.53 Å². The van der Waals surface area contributed by atoms with Crippen molar-refractivity contribution in [1.82, 2.24) is 9.80 Å². The molecule has 0 spiro atoms. The number of rotatable bonds is 4. The lowest BCUT2D eigenvalue weighted by atomic mass is 10.1. The van der Waals surface area contributed by atoms with E-state index in [1.54, 1.807) is 23.1 Å². The van der Waals surface area contributed by atoms with Crippen molar-refractivity contribution >= 4 is 33.7 Å². The van der Waals surface area contributed by atoms with Crippen molar-refractivity contribution in [3.05, 3.63) is 33.8 Å². The Morgan fingerprint density at radius 3 is 2.79 bits per heavy atom. The molecule has 1 aromatic carbocycles. The standard InChI is InChI=1S/C17H19BrN2O4/c1-11-10-19(7-8-24-11)15(21)3-2-6-20-16(22)13-5-4-12(18)9-14(13)17(20)23/h4-5,9,11H,2-3,6-8,10H2,1H3. The van der Waals surface area contributed by atoms with E-state index in [0.29, 0.717) is 43.7 Å². The molecule has 1 unspecified atom stereocenters. The van der Waals surface area contributed by atoms with Crippen molar-refractivity contribution in [2.24, 2.45) is 0 Å². The molecule has 1 fully saturated rings. The number of hydrogen-bond acceptors (Lipinski definition) is 4. The lowest BCUT2D eigenvalue weighted by molar-refractivity contribution is -0.138. The number of hydrogen-bond donors (Lipinski definition) is 0. The Kier molecular flexibility index (Phi) is 5.01. The van der Waals surface area contributed by atoms with Crippen molar-refractivity contribution in [1.29, 1.82) is 0 Å². The highest BCUT2D eigenvalue weighted by molar-refractivity contribution is 9.10. The van der Waals surface area contributed by atoms with Crippen LogP contribution in [0.15, 0.2) is 22.7 Å². The molecule has 3 amide bonds. The lowest BCUT2D eigenvalue weighted by Gasteiger charge is -2.31. The van der Waals surface area contributed by atoms with Gasteiger partial charge in [-0.15, -0.1) is 0 Å². The normalized spacial score (nSPS) is 20.5. The summed E-state index contributed by atoms with van der Waals surface area (Å²) in [5.74, 6) is -0.525. The van der Waals surface area contributed by atoms with E-state index < -0.39 is 0 Å². The van der Waals surface area contributed by atoms with E-state index in [1.165, 1.54) is 4.90 Å². The van der Waals surface area contributed by atoms with E-state index in [4.69, 9.17) is 4.74 Å². The largest absolute Gasteiger partial charge is 0.375 e. The zero-order valence-corrected chi connectivity index (χ0v) is 15.0. The van der Waals surface area contributed by atoms with Crippen molar-refractivity contribution in [2.75, 3.05) is 26.2 Å².